The van der Waals surface area contributed by atoms with Gasteiger partial charge in [0.25, 0.3) is 5.91 Å². The lowest BCUT2D eigenvalue weighted by molar-refractivity contribution is -0.134. The van der Waals surface area contributed by atoms with Gasteiger partial charge in [-0.1, -0.05) is 44.2 Å². The van der Waals surface area contributed by atoms with Crippen LogP contribution in [0.2, 0.25) is 0 Å². The molecule has 0 aliphatic carbocycles. The maximum Gasteiger partial charge on any atom is 0.326 e. The normalized spacial score (nSPS) is 20.1. The third kappa shape index (κ3) is 3.99. The number of imide groups is 1. The molecule has 1 aliphatic heterocycles. The molecule has 0 saturated carbocycles. The summed E-state index contributed by atoms with van der Waals surface area (Å²) in [7, 11) is 1.71. The van der Waals surface area contributed by atoms with E-state index in [4.69, 9.17) is 0 Å². The maximum absolute atomic E-state index is 13.0. The summed E-state index contributed by atoms with van der Waals surface area (Å²) in [5, 5.41) is 5.62. The first-order chi connectivity index (χ1) is 11.9. The number of likely N-dealkylation sites (N-methyl/N-ethyl adjacent to an activating group) is 1. The molecule has 1 aliphatic rings. The lowest BCUT2D eigenvalue weighted by Gasteiger charge is -2.27. The van der Waals surface area contributed by atoms with Crippen LogP contribution in [0, 0.1) is 0 Å². The molecule has 2 rings (SSSR count). The number of nitrogens with one attached hydrogen (secondary N) is 2. The zero-order valence-electron chi connectivity index (χ0n) is 15.0. The molecule has 0 radical (unpaired) electrons. The van der Waals surface area contributed by atoms with Crippen molar-refractivity contribution in [3.05, 3.63) is 35.9 Å². The Kier molecular flexibility index (Phi) is 6.14. The fourth-order valence-electron chi connectivity index (χ4n) is 2.97. The van der Waals surface area contributed by atoms with Gasteiger partial charge in [0.1, 0.15) is 5.54 Å². The Balaban J connectivity index is 2.09. The highest BCUT2D eigenvalue weighted by molar-refractivity contribution is 6.07. The highest BCUT2D eigenvalue weighted by atomic mass is 16.2. The van der Waals surface area contributed by atoms with Crippen molar-refractivity contribution in [1.82, 2.24) is 20.4 Å². The Morgan fingerprint density at radius 3 is 2.52 bits per heavy atom. The molecular formula is C18H26N4O3. The number of carbonyl (C=O) groups excluding carboxylic acids is 3. The van der Waals surface area contributed by atoms with Gasteiger partial charge in [0.05, 0.1) is 13.2 Å². The number of urea groups is 1. The van der Waals surface area contributed by atoms with Crippen molar-refractivity contribution in [3.63, 3.8) is 0 Å². The number of rotatable bonds is 8. The van der Waals surface area contributed by atoms with Crippen molar-refractivity contribution in [3.8, 4) is 0 Å². The monoisotopic (exact) mass is 346 g/mol. The lowest BCUT2D eigenvalue weighted by Crippen LogP contribution is -2.46. The molecule has 0 spiro atoms. The summed E-state index contributed by atoms with van der Waals surface area (Å²) in [6, 6.07) is 8.81. The molecule has 1 aromatic rings. The lowest BCUT2D eigenvalue weighted by atomic mass is 9.87. The van der Waals surface area contributed by atoms with Gasteiger partial charge in [-0.25, -0.2) is 9.69 Å². The molecule has 1 aromatic carbocycles. The minimum Gasteiger partial charge on any atom is -0.355 e. The summed E-state index contributed by atoms with van der Waals surface area (Å²) in [4.78, 5) is 40.0. The van der Waals surface area contributed by atoms with Crippen LogP contribution < -0.4 is 10.6 Å². The van der Waals surface area contributed by atoms with E-state index in [1.165, 1.54) is 4.90 Å². The first-order valence-corrected chi connectivity index (χ1v) is 8.59. The molecule has 136 valence electrons. The maximum atomic E-state index is 13.0. The molecule has 1 heterocycles. The average Bonchev–Trinajstić information content (AvgIpc) is 2.85. The standard InChI is InChI=1S/C18H26N4O3/c1-4-11-19-15(23)12-21(3)13-22-16(24)18(5-2,20-17(22)25)14-9-7-6-8-10-14/h6-10H,4-5,11-13H2,1-3H3,(H,19,23)(H,20,25)/t18-/m0/s1. The molecule has 1 fully saturated rings. The summed E-state index contributed by atoms with van der Waals surface area (Å²) in [5.74, 6) is -0.409. The number of carbonyl (C=O) groups is 3. The zero-order valence-corrected chi connectivity index (χ0v) is 15.0. The molecule has 1 saturated heterocycles. The van der Waals surface area contributed by atoms with Gasteiger partial charge in [0, 0.05) is 6.54 Å². The van der Waals surface area contributed by atoms with Crippen LogP contribution in [0.5, 0.6) is 0 Å². The number of hydrogen-bond acceptors (Lipinski definition) is 4. The van der Waals surface area contributed by atoms with Gasteiger partial charge >= 0.3 is 6.03 Å². The zero-order chi connectivity index (χ0) is 18.4. The minimum absolute atomic E-state index is 0.0682. The van der Waals surface area contributed by atoms with Crippen LogP contribution in [-0.2, 0) is 15.1 Å². The minimum atomic E-state index is -1.04. The molecule has 4 amide bonds. The van der Waals surface area contributed by atoms with Crippen LogP contribution in [0.4, 0.5) is 4.79 Å². The number of hydrogen-bond donors (Lipinski definition) is 2. The quantitative estimate of drug-likeness (QED) is 0.695. The van der Waals surface area contributed by atoms with E-state index in [1.54, 1.807) is 11.9 Å². The molecule has 7 heteroatoms. The fourth-order valence-corrected chi connectivity index (χ4v) is 2.97. The van der Waals surface area contributed by atoms with Crippen LogP contribution in [-0.4, -0.2) is 54.5 Å². The van der Waals surface area contributed by atoms with Crippen molar-refractivity contribution in [2.75, 3.05) is 26.8 Å². The van der Waals surface area contributed by atoms with E-state index in [2.05, 4.69) is 10.6 Å². The van der Waals surface area contributed by atoms with Gasteiger partial charge in [0.15, 0.2) is 0 Å². The van der Waals surface area contributed by atoms with Gasteiger partial charge in [-0.05, 0) is 25.5 Å². The van der Waals surface area contributed by atoms with E-state index < -0.39 is 11.6 Å². The van der Waals surface area contributed by atoms with E-state index >= 15 is 0 Å². The Hall–Kier alpha value is -2.41. The fraction of sp³-hybridized carbons (Fsp3) is 0.500. The molecule has 1 atom stereocenters. The first-order valence-electron chi connectivity index (χ1n) is 8.59. The van der Waals surface area contributed by atoms with E-state index in [-0.39, 0.29) is 25.0 Å². The Morgan fingerprint density at radius 2 is 1.92 bits per heavy atom. The van der Waals surface area contributed by atoms with Gasteiger partial charge in [0.2, 0.25) is 5.91 Å². The first kappa shape index (κ1) is 18.9. The van der Waals surface area contributed by atoms with Crippen LogP contribution in [0.1, 0.15) is 32.3 Å². The second kappa shape index (κ2) is 8.11. The van der Waals surface area contributed by atoms with Crippen LogP contribution >= 0.6 is 0 Å². The van der Waals surface area contributed by atoms with Crippen LogP contribution in [0.3, 0.4) is 0 Å². The number of nitrogens with zero attached hydrogens (tertiary/aromatic N) is 2. The van der Waals surface area contributed by atoms with E-state index in [9.17, 15) is 14.4 Å². The second-order valence-electron chi connectivity index (χ2n) is 6.29. The van der Waals surface area contributed by atoms with Gasteiger partial charge in [-0.3, -0.25) is 14.5 Å². The summed E-state index contributed by atoms with van der Waals surface area (Å²) in [5.41, 5.74) is -0.273. The van der Waals surface area contributed by atoms with Crippen molar-refractivity contribution < 1.29 is 14.4 Å². The summed E-state index contributed by atoms with van der Waals surface area (Å²) < 4.78 is 0. The van der Waals surface area contributed by atoms with Gasteiger partial charge < -0.3 is 10.6 Å². The highest BCUT2D eigenvalue weighted by Gasteiger charge is 2.51. The predicted molar refractivity (Wildman–Crippen MR) is 94.6 cm³/mol. The third-order valence-corrected chi connectivity index (χ3v) is 4.34. The van der Waals surface area contributed by atoms with Crippen molar-refractivity contribution in [2.45, 2.75) is 32.2 Å². The predicted octanol–water partition coefficient (Wildman–Crippen LogP) is 1.26. The smallest absolute Gasteiger partial charge is 0.326 e. The summed E-state index contributed by atoms with van der Waals surface area (Å²) >= 11 is 0. The number of amides is 4. The average molecular weight is 346 g/mol. The van der Waals surface area contributed by atoms with Crippen LogP contribution in [0.15, 0.2) is 30.3 Å². The van der Waals surface area contributed by atoms with Crippen molar-refractivity contribution in [1.29, 1.82) is 0 Å². The third-order valence-electron chi connectivity index (χ3n) is 4.34. The molecule has 2 N–H and O–H groups in total. The molecule has 25 heavy (non-hydrogen) atoms. The largest absolute Gasteiger partial charge is 0.355 e. The Morgan fingerprint density at radius 1 is 1.24 bits per heavy atom. The molecule has 7 nitrogen and oxygen atoms in total. The molecule has 0 unspecified atom stereocenters. The highest BCUT2D eigenvalue weighted by Crippen LogP contribution is 2.32. The van der Waals surface area contributed by atoms with Crippen LogP contribution in [0.25, 0.3) is 0 Å². The number of benzene rings is 1. The Bertz CT molecular complexity index is 634. The van der Waals surface area contributed by atoms with E-state index in [1.807, 2.05) is 44.2 Å². The van der Waals surface area contributed by atoms with Gasteiger partial charge in [-0.15, -0.1) is 0 Å². The summed E-state index contributed by atoms with van der Waals surface area (Å²) in [6.45, 7) is 4.66. The molecule has 0 aromatic heterocycles. The SMILES string of the molecule is CCCNC(=O)CN(C)CN1C(=O)N[C@@](CC)(c2ccccc2)C1=O. The van der Waals surface area contributed by atoms with Crippen molar-refractivity contribution in [2.24, 2.45) is 0 Å². The van der Waals surface area contributed by atoms with E-state index in [0.717, 1.165) is 12.0 Å². The topological polar surface area (TPSA) is 81.8 Å². The van der Waals surface area contributed by atoms with E-state index in [0.29, 0.717) is 13.0 Å². The molecule has 0 bridgehead atoms. The second-order valence-corrected chi connectivity index (χ2v) is 6.29. The Labute approximate surface area is 148 Å². The summed E-state index contributed by atoms with van der Waals surface area (Å²) in [6.07, 6.45) is 1.32. The van der Waals surface area contributed by atoms with Crippen molar-refractivity contribution >= 4 is 17.8 Å². The molecular weight excluding hydrogens is 320 g/mol. The van der Waals surface area contributed by atoms with Gasteiger partial charge in [-0.2, -0.15) is 0 Å².